The van der Waals surface area contributed by atoms with Gasteiger partial charge in [-0.15, -0.1) is 0 Å². The molecule has 0 radical (unpaired) electrons. The minimum atomic E-state index is -0.170. The SMILES string of the molecule is CC(C)CN1C(=O)C(=Cc2c(N3CCC(Cc4ccccc4)CC3)nc3ccccn3c2=O)SC1=S. The maximum absolute atomic E-state index is 13.6. The molecule has 8 heteroatoms. The second kappa shape index (κ2) is 10.6. The molecule has 2 fully saturated rings. The summed E-state index contributed by atoms with van der Waals surface area (Å²) in [5.41, 5.74) is 2.25. The molecule has 5 rings (SSSR count). The Morgan fingerprint density at radius 2 is 1.81 bits per heavy atom. The van der Waals surface area contributed by atoms with Crippen molar-refractivity contribution in [1.82, 2.24) is 14.3 Å². The minimum Gasteiger partial charge on any atom is -0.356 e. The highest BCUT2D eigenvalue weighted by Gasteiger charge is 2.33. The predicted molar refractivity (Wildman–Crippen MR) is 151 cm³/mol. The average Bonchev–Trinajstić information content (AvgIpc) is 3.14. The van der Waals surface area contributed by atoms with Crippen LogP contribution in [0.2, 0.25) is 0 Å². The van der Waals surface area contributed by atoms with Crippen LogP contribution in [-0.2, 0) is 11.2 Å². The topological polar surface area (TPSA) is 57.9 Å². The van der Waals surface area contributed by atoms with E-state index in [0.717, 1.165) is 32.4 Å². The average molecular weight is 519 g/mol. The van der Waals surface area contributed by atoms with Gasteiger partial charge in [-0.05, 0) is 54.9 Å². The van der Waals surface area contributed by atoms with E-state index in [1.54, 1.807) is 21.6 Å². The molecule has 0 N–H and O–H groups in total. The molecular formula is C28H30N4O2S2. The maximum atomic E-state index is 13.6. The molecule has 0 saturated carbocycles. The van der Waals surface area contributed by atoms with Crippen molar-refractivity contribution in [3.05, 3.63) is 81.1 Å². The molecule has 1 aromatic carbocycles. The van der Waals surface area contributed by atoms with Crippen molar-refractivity contribution in [1.29, 1.82) is 0 Å². The van der Waals surface area contributed by atoms with Crippen LogP contribution in [0.25, 0.3) is 11.7 Å². The number of carbonyl (C=O) groups excluding carboxylic acids is 1. The first-order valence-corrected chi connectivity index (χ1v) is 13.7. The number of anilines is 1. The van der Waals surface area contributed by atoms with Crippen LogP contribution >= 0.6 is 24.0 Å². The first-order chi connectivity index (χ1) is 17.4. The van der Waals surface area contributed by atoms with Gasteiger partial charge in [-0.1, -0.05) is 74.2 Å². The molecule has 4 heterocycles. The number of rotatable bonds is 6. The van der Waals surface area contributed by atoms with Gasteiger partial charge in [-0.25, -0.2) is 4.98 Å². The molecule has 0 aliphatic carbocycles. The number of hydrogen-bond donors (Lipinski definition) is 0. The van der Waals surface area contributed by atoms with Crippen molar-refractivity contribution >= 4 is 51.7 Å². The molecule has 0 unspecified atom stereocenters. The number of carbonyl (C=O) groups is 1. The van der Waals surface area contributed by atoms with Crippen molar-refractivity contribution in [3.63, 3.8) is 0 Å². The van der Waals surface area contributed by atoms with E-state index in [2.05, 4.69) is 43.0 Å². The van der Waals surface area contributed by atoms with Crippen molar-refractivity contribution in [2.75, 3.05) is 24.5 Å². The molecule has 0 atom stereocenters. The Kier molecular flexibility index (Phi) is 7.25. The lowest BCUT2D eigenvalue weighted by Gasteiger charge is -2.33. The number of nitrogens with zero attached hydrogens (tertiary/aromatic N) is 4. The number of benzene rings is 1. The Bertz CT molecular complexity index is 1380. The molecule has 1 amide bonds. The lowest BCUT2D eigenvalue weighted by atomic mass is 9.90. The first-order valence-electron chi connectivity index (χ1n) is 12.5. The van der Waals surface area contributed by atoms with Crippen LogP contribution < -0.4 is 10.5 Å². The summed E-state index contributed by atoms with van der Waals surface area (Å²) in [5.74, 6) is 1.41. The number of thioether (sulfide) groups is 1. The summed E-state index contributed by atoms with van der Waals surface area (Å²) in [6.07, 6.45) is 6.55. The molecule has 0 spiro atoms. The van der Waals surface area contributed by atoms with E-state index < -0.39 is 0 Å². The van der Waals surface area contributed by atoms with Gasteiger partial charge in [0.2, 0.25) is 0 Å². The zero-order valence-electron chi connectivity index (χ0n) is 20.6. The minimum absolute atomic E-state index is 0.135. The molecular weight excluding hydrogens is 488 g/mol. The van der Waals surface area contributed by atoms with E-state index in [-0.39, 0.29) is 11.5 Å². The van der Waals surface area contributed by atoms with E-state index in [1.807, 2.05) is 24.3 Å². The van der Waals surface area contributed by atoms with Crippen LogP contribution in [0.3, 0.4) is 0 Å². The van der Waals surface area contributed by atoms with Gasteiger partial charge in [-0.3, -0.25) is 18.9 Å². The van der Waals surface area contributed by atoms with Gasteiger partial charge in [-0.2, -0.15) is 0 Å². The molecule has 2 aliphatic heterocycles. The van der Waals surface area contributed by atoms with Gasteiger partial charge in [0.15, 0.2) is 0 Å². The molecule has 186 valence electrons. The highest BCUT2D eigenvalue weighted by molar-refractivity contribution is 8.26. The predicted octanol–water partition coefficient (Wildman–Crippen LogP) is 5.01. The quantitative estimate of drug-likeness (QED) is 0.338. The fourth-order valence-corrected chi connectivity index (χ4v) is 6.17. The monoisotopic (exact) mass is 518 g/mol. The van der Waals surface area contributed by atoms with Crippen molar-refractivity contribution < 1.29 is 4.79 Å². The fourth-order valence-electron chi connectivity index (χ4n) is 4.91. The number of piperidine rings is 1. The van der Waals surface area contributed by atoms with Gasteiger partial charge < -0.3 is 4.90 Å². The van der Waals surface area contributed by atoms with Crippen molar-refractivity contribution in [2.45, 2.75) is 33.1 Å². The van der Waals surface area contributed by atoms with Crippen molar-refractivity contribution in [2.24, 2.45) is 11.8 Å². The van der Waals surface area contributed by atoms with Gasteiger partial charge in [0.1, 0.15) is 15.8 Å². The highest BCUT2D eigenvalue weighted by atomic mass is 32.2. The van der Waals surface area contributed by atoms with Crippen LogP contribution in [0, 0.1) is 11.8 Å². The molecule has 2 saturated heterocycles. The van der Waals surface area contributed by atoms with Gasteiger partial charge >= 0.3 is 0 Å². The van der Waals surface area contributed by atoms with E-state index in [0.29, 0.717) is 44.6 Å². The Hall–Kier alpha value is -2.97. The summed E-state index contributed by atoms with van der Waals surface area (Å²) in [6.45, 7) is 6.33. The number of pyridine rings is 1. The van der Waals surface area contributed by atoms with Crippen molar-refractivity contribution in [3.8, 4) is 0 Å². The number of thiocarbonyl (C=S) groups is 1. The maximum Gasteiger partial charge on any atom is 0.267 e. The van der Waals surface area contributed by atoms with Crippen LogP contribution in [0.1, 0.15) is 37.8 Å². The summed E-state index contributed by atoms with van der Waals surface area (Å²) >= 11 is 6.75. The Morgan fingerprint density at radius 3 is 2.53 bits per heavy atom. The zero-order chi connectivity index (χ0) is 25.2. The zero-order valence-corrected chi connectivity index (χ0v) is 22.2. The van der Waals surface area contributed by atoms with Crippen LogP contribution in [0.4, 0.5) is 5.82 Å². The van der Waals surface area contributed by atoms with Crippen LogP contribution in [0.5, 0.6) is 0 Å². The Labute approximate surface area is 221 Å². The van der Waals surface area contributed by atoms with Gasteiger partial charge in [0, 0.05) is 25.8 Å². The lowest BCUT2D eigenvalue weighted by molar-refractivity contribution is -0.122. The number of aromatic nitrogens is 2. The van der Waals surface area contributed by atoms with Gasteiger partial charge in [0.05, 0.1) is 10.5 Å². The summed E-state index contributed by atoms with van der Waals surface area (Å²) in [7, 11) is 0. The molecule has 2 aromatic heterocycles. The highest BCUT2D eigenvalue weighted by Crippen LogP contribution is 2.34. The largest absolute Gasteiger partial charge is 0.356 e. The Balaban J connectivity index is 1.46. The normalized spacial score (nSPS) is 18.2. The molecule has 6 nitrogen and oxygen atoms in total. The smallest absolute Gasteiger partial charge is 0.267 e. The summed E-state index contributed by atoms with van der Waals surface area (Å²) < 4.78 is 2.09. The van der Waals surface area contributed by atoms with E-state index >= 15 is 0 Å². The second-order valence-corrected chi connectivity index (χ2v) is 11.6. The first kappa shape index (κ1) is 24.7. The number of amides is 1. The van der Waals surface area contributed by atoms with Crippen LogP contribution in [0.15, 0.2) is 64.4 Å². The fraction of sp³-hybridized carbons (Fsp3) is 0.357. The third kappa shape index (κ3) is 5.11. The number of fused-ring (bicyclic) bond motifs is 1. The van der Waals surface area contributed by atoms with E-state index in [9.17, 15) is 9.59 Å². The molecule has 2 aliphatic rings. The van der Waals surface area contributed by atoms with E-state index in [4.69, 9.17) is 17.2 Å². The Morgan fingerprint density at radius 1 is 1.08 bits per heavy atom. The summed E-state index contributed by atoms with van der Waals surface area (Å²) in [5, 5.41) is 0. The number of hydrogen-bond acceptors (Lipinski definition) is 6. The lowest BCUT2D eigenvalue weighted by Crippen LogP contribution is -2.37. The third-order valence-corrected chi connectivity index (χ3v) is 8.10. The molecule has 3 aromatic rings. The van der Waals surface area contributed by atoms with Crippen LogP contribution in [-0.4, -0.2) is 44.1 Å². The molecule has 0 bridgehead atoms. The summed E-state index contributed by atoms with van der Waals surface area (Å²) in [4.78, 5) is 36.0. The second-order valence-electron chi connectivity index (χ2n) is 9.89. The van der Waals surface area contributed by atoms with Gasteiger partial charge in [0.25, 0.3) is 11.5 Å². The standard InChI is InChI=1S/C28H30N4O2S2/c1-19(2)18-32-27(34)23(36-28(32)35)17-22-25(29-24-10-6-7-13-31(24)26(22)33)30-14-11-21(12-15-30)16-20-8-4-3-5-9-20/h3-10,13,17,19,21H,11-12,14-16,18H2,1-2H3. The summed E-state index contributed by atoms with van der Waals surface area (Å²) in [6, 6.07) is 16.1. The van der Waals surface area contributed by atoms with E-state index in [1.165, 1.54) is 17.3 Å². The molecule has 36 heavy (non-hydrogen) atoms. The third-order valence-electron chi connectivity index (χ3n) is 6.73.